The predicted molar refractivity (Wildman–Crippen MR) is 49.5 cm³/mol. The van der Waals surface area contributed by atoms with Gasteiger partial charge < -0.3 is 4.74 Å². The zero-order valence-electron chi connectivity index (χ0n) is 7.51. The van der Waals surface area contributed by atoms with E-state index in [1.54, 1.807) is 24.3 Å². The zero-order chi connectivity index (χ0) is 10.9. The van der Waals surface area contributed by atoms with E-state index in [9.17, 15) is 13.2 Å². The van der Waals surface area contributed by atoms with Crippen LogP contribution in [0.15, 0.2) is 36.4 Å². The number of ether oxygens (including phenoxy) is 1. The molecule has 0 aliphatic heterocycles. The fourth-order valence-corrected chi connectivity index (χ4v) is 1.29. The predicted octanol–water partition coefficient (Wildman–Crippen LogP) is 3.54. The van der Waals surface area contributed by atoms with E-state index >= 15 is 0 Å². The van der Waals surface area contributed by atoms with Crippen LogP contribution in [0.1, 0.15) is 0 Å². The van der Waals surface area contributed by atoms with Gasteiger partial charge in [0.15, 0.2) is 0 Å². The minimum absolute atomic E-state index is 0.249. The van der Waals surface area contributed by atoms with Crippen LogP contribution in [0, 0.1) is 6.07 Å². The van der Waals surface area contributed by atoms with Crippen molar-refractivity contribution in [2.45, 2.75) is 6.36 Å². The lowest BCUT2D eigenvalue weighted by atomic mass is 10.1. The molecule has 2 rings (SSSR count). The van der Waals surface area contributed by atoms with Gasteiger partial charge in [-0.05, 0) is 29.0 Å². The molecule has 0 spiro atoms. The van der Waals surface area contributed by atoms with Crippen molar-refractivity contribution in [3.8, 4) is 5.75 Å². The maximum Gasteiger partial charge on any atom is 0.573 e. The Bertz CT molecular complexity index is 476. The van der Waals surface area contributed by atoms with E-state index in [4.69, 9.17) is 0 Å². The molecule has 0 atom stereocenters. The van der Waals surface area contributed by atoms with E-state index in [-0.39, 0.29) is 5.75 Å². The number of benzene rings is 2. The van der Waals surface area contributed by atoms with Gasteiger partial charge in [-0.3, -0.25) is 0 Å². The van der Waals surface area contributed by atoms with E-state index in [0.29, 0.717) is 5.39 Å². The van der Waals surface area contributed by atoms with Gasteiger partial charge in [0.1, 0.15) is 5.75 Å². The Hall–Kier alpha value is -1.71. The maximum absolute atomic E-state index is 11.9. The highest BCUT2D eigenvalue weighted by atomic mass is 19.4. The number of alkyl halides is 3. The third-order valence-corrected chi connectivity index (χ3v) is 1.86. The SMILES string of the molecule is FC(F)(F)Oc1c[c]c2ccccc2c1. The lowest BCUT2D eigenvalue weighted by Gasteiger charge is -2.08. The Morgan fingerprint density at radius 1 is 1.13 bits per heavy atom. The molecule has 0 aliphatic rings. The van der Waals surface area contributed by atoms with Crippen molar-refractivity contribution in [2.24, 2.45) is 0 Å². The molecule has 4 heteroatoms. The number of halogens is 3. The summed E-state index contributed by atoms with van der Waals surface area (Å²) in [6.07, 6.45) is -4.66. The molecule has 1 radical (unpaired) electrons. The summed E-state index contributed by atoms with van der Waals surface area (Å²) in [5.74, 6) is -0.249. The third-order valence-electron chi connectivity index (χ3n) is 1.86. The summed E-state index contributed by atoms with van der Waals surface area (Å²) < 4.78 is 39.5. The number of rotatable bonds is 1. The lowest BCUT2D eigenvalue weighted by molar-refractivity contribution is -0.274. The normalized spacial score (nSPS) is 11.7. The number of fused-ring (bicyclic) bond motifs is 1. The first kappa shape index (κ1) is 9.83. The molecule has 0 aromatic heterocycles. The van der Waals surface area contributed by atoms with E-state index in [1.165, 1.54) is 12.1 Å². The monoisotopic (exact) mass is 211 g/mol. The maximum atomic E-state index is 11.9. The fourth-order valence-electron chi connectivity index (χ4n) is 1.29. The van der Waals surface area contributed by atoms with Crippen LogP contribution >= 0.6 is 0 Å². The molecule has 1 nitrogen and oxygen atoms in total. The Balaban J connectivity index is 2.39. The summed E-state index contributed by atoms with van der Waals surface area (Å²) in [4.78, 5) is 0. The van der Waals surface area contributed by atoms with Gasteiger partial charge in [-0.25, -0.2) is 0 Å². The second kappa shape index (κ2) is 3.46. The number of hydrogen-bond acceptors (Lipinski definition) is 1. The van der Waals surface area contributed by atoms with Gasteiger partial charge in [0.05, 0.1) is 0 Å². The van der Waals surface area contributed by atoms with Crippen molar-refractivity contribution in [3.05, 3.63) is 42.5 Å². The molecule has 0 saturated heterocycles. The topological polar surface area (TPSA) is 9.23 Å². The van der Waals surface area contributed by atoms with Crippen molar-refractivity contribution < 1.29 is 17.9 Å². The summed E-state index contributed by atoms with van der Waals surface area (Å²) in [6, 6.07) is 12.2. The van der Waals surface area contributed by atoms with E-state index in [2.05, 4.69) is 10.8 Å². The summed E-state index contributed by atoms with van der Waals surface area (Å²) in [7, 11) is 0. The summed E-state index contributed by atoms with van der Waals surface area (Å²) in [5.41, 5.74) is 0. The van der Waals surface area contributed by atoms with Gasteiger partial charge >= 0.3 is 6.36 Å². The minimum Gasteiger partial charge on any atom is -0.406 e. The average molecular weight is 211 g/mol. The second-order valence-electron chi connectivity index (χ2n) is 2.97. The van der Waals surface area contributed by atoms with Crippen LogP contribution in [-0.4, -0.2) is 6.36 Å². The Kier molecular flexibility index (Phi) is 2.26. The fraction of sp³-hybridized carbons (Fsp3) is 0.0909. The van der Waals surface area contributed by atoms with Crippen molar-refractivity contribution in [1.82, 2.24) is 0 Å². The zero-order valence-corrected chi connectivity index (χ0v) is 7.51. The molecule has 0 aliphatic carbocycles. The van der Waals surface area contributed by atoms with Crippen LogP contribution in [0.2, 0.25) is 0 Å². The quantitative estimate of drug-likeness (QED) is 0.701. The first-order chi connectivity index (χ1) is 7.04. The Morgan fingerprint density at radius 2 is 1.87 bits per heavy atom. The van der Waals surface area contributed by atoms with Gasteiger partial charge in [-0.15, -0.1) is 13.2 Å². The van der Waals surface area contributed by atoms with E-state index in [1.807, 2.05) is 0 Å². The van der Waals surface area contributed by atoms with Gasteiger partial charge in [0.25, 0.3) is 0 Å². The largest absolute Gasteiger partial charge is 0.573 e. The average Bonchev–Trinajstić information content (AvgIpc) is 2.15. The van der Waals surface area contributed by atoms with Crippen LogP contribution < -0.4 is 4.74 Å². The van der Waals surface area contributed by atoms with Gasteiger partial charge in [0.2, 0.25) is 0 Å². The first-order valence-corrected chi connectivity index (χ1v) is 4.21. The van der Waals surface area contributed by atoms with Gasteiger partial charge in [-0.2, -0.15) is 0 Å². The molecular weight excluding hydrogens is 205 g/mol. The summed E-state index contributed by atoms with van der Waals surface area (Å²) in [5, 5.41) is 1.42. The lowest BCUT2D eigenvalue weighted by Crippen LogP contribution is -2.16. The minimum atomic E-state index is -4.66. The molecule has 0 fully saturated rings. The highest BCUT2D eigenvalue weighted by Crippen LogP contribution is 2.25. The molecule has 0 bridgehead atoms. The van der Waals surface area contributed by atoms with Crippen LogP contribution in [0.3, 0.4) is 0 Å². The molecule has 0 saturated carbocycles. The Morgan fingerprint density at radius 3 is 2.60 bits per heavy atom. The van der Waals surface area contributed by atoms with Crippen molar-refractivity contribution >= 4 is 10.8 Å². The first-order valence-electron chi connectivity index (χ1n) is 4.21. The molecule has 0 heterocycles. The van der Waals surface area contributed by atoms with Crippen LogP contribution in [0.25, 0.3) is 10.8 Å². The van der Waals surface area contributed by atoms with Crippen LogP contribution in [0.5, 0.6) is 5.75 Å². The summed E-state index contributed by atoms with van der Waals surface area (Å²) >= 11 is 0. The molecule has 77 valence electrons. The van der Waals surface area contributed by atoms with Crippen LogP contribution in [0.4, 0.5) is 13.2 Å². The van der Waals surface area contributed by atoms with E-state index in [0.717, 1.165) is 5.39 Å². The number of hydrogen-bond donors (Lipinski definition) is 0. The molecule has 2 aromatic rings. The van der Waals surface area contributed by atoms with Crippen molar-refractivity contribution in [1.29, 1.82) is 0 Å². The van der Waals surface area contributed by atoms with Crippen LogP contribution in [-0.2, 0) is 0 Å². The van der Waals surface area contributed by atoms with E-state index < -0.39 is 6.36 Å². The molecule has 15 heavy (non-hydrogen) atoms. The van der Waals surface area contributed by atoms with Gasteiger partial charge in [-0.1, -0.05) is 24.3 Å². The smallest absolute Gasteiger partial charge is 0.406 e. The van der Waals surface area contributed by atoms with Crippen molar-refractivity contribution in [3.63, 3.8) is 0 Å². The molecule has 0 unspecified atom stereocenters. The molecule has 0 amide bonds. The molecular formula is C11H6F3O. The molecule has 0 N–H and O–H groups in total. The van der Waals surface area contributed by atoms with Crippen molar-refractivity contribution in [2.75, 3.05) is 0 Å². The third kappa shape index (κ3) is 2.40. The standard InChI is InChI=1S/C11H6F3O/c12-11(13,14)15-10-6-5-8-3-1-2-4-9(8)7-10/h1-4,6-7H. The highest BCUT2D eigenvalue weighted by molar-refractivity contribution is 5.83. The summed E-state index contributed by atoms with van der Waals surface area (Å²) in [6.45, 7) is 0. The Labute approximate surface area is 84.1 Å². The van der Waals surface area contributed by atoms with Gasteiger partial charge in [0, 0.05) is 0 Å². The molecule has 2 aromatic carbocycles. The second-order valence-corrected chi connectivity index (χ2v) is 2.97. The highest BCUT2D eigenvalue weighted by Gasteiger charge is 2.31.